The van der Waals surface area contributed by atoms with Crippen molar-refractivity contribution in [3.63, 3.8) is 0 Å². The second-order valence-corrected chi connectivity index (χ2v) is 9.25. The van der Waals surface area contributed by atoms with Crippen LogP contribution in [0.4, 0.5) is 11.4 Å². The molecule has 182 valence electrons. The third kappa shape index (κ3) is 7.29. The maximum Gasteiger partial charge on any atom is 0.293 e. The second kappa shape index (κ2) is 11.8. The van der Waals surface area contributed by atoms with Crippen LogP contribution < -0.4 is 19.5 Å². The van der Waals surface area contributed by atoms with E-state index in [1.807, 2.05) is 19.0 Å². The third-order valence-electron chi connectivity index (χ3n) is 4.74. The van der Waals surface area contributed by atoms with Gasteiger partial charge >= 0.3 is 0 Å². The highest BCUT2D eigenvalue weighted by Gasteiger charge is 2.22. The van der Waals surface area contributed by atoms with Gasteiger partial charge in [-0.1, -0.05) is 6.07 Å². The molecular formula is C21H30N4O7S. The van der Waals surface area contributed by atoms with E-state index in [1.165, 1.54) is 19.2 Å². The van der Waals surface area contributed by atoms with Gasteiger partial charge in [0.05, 0.1) is 23.5 Å². The fourth-order valence-electron chi connectivity index (χ4n) is 2.98. The van der Waals surface area contributed by atoms with E-state index in [0.717, 1.165) is 11.6 Å². The van der Waals surface area contributed by atoms with Gasteiger partial charge in [-0.2, -0.15) is 0 Å². The highest BCUT2D eigenvalue weighted by atomic mass is 32.2. The maximum atomic E-state index is 12.5. The number of nitro benzene ring substituents is 1. The van der Waals surface area contributed by atoms with Crippen molar-refractivity contribution in [1.82, 2.24) is 9.62 Å². The average Bonchev–Trinajstić information content (AvgIpc) is 2.77. The van der Waals surface area contributed by atoms with Crippen molar-refractivity contribution in [2.45, 2.75) is 17.9 Å². The van der Waals surface area contributed by atoms with Crippen LogP contribution in [0.1, 0.15) is 18.5 Å². The lowest BCUT2D eigenvalue weighted by molar-refractivity contribution is -0.384. The lowest BCUT2D eigenvalue weighted by Crippen LogP contribution is -2.31. The van der Waals surface area contributed by atoms with Crippen LogP contribution in [-0.2, 0) is 10.0 Å². The molecule has 3 N–H and O–H groups in total. The Hall–Kier alpha value is -2.93. The quantitative estimate of drug-likeness (QED) is 0.288. The second-order valence-electron chi connectivity index (χ2n) is 7.49. The topological polar surface area (TPSA) is 143 Å². The zero-order valence-corrected chi connectivity index (χ0v) is 19.9. The van der Waals surface area contributed by atoms with Crippen LogP contribution in [-0.4, -0.2) is 70.9 Å². The molecule has 2 rings (SSSR count). The van der Waals surface area contributed by atoms with Crippen LogP contribution in [0.15, 0.2) is 41.3 Å². The molecule has 0 amide bonds. The molecule has 0 aromatic heterocycles. The van der Waals surface area contributed by atoms with Crippen LogP contribution in [0.3, 0.4) is 0 Å². The van der Waals surface area contributed by atoms with E-state index in [1.54, 1.807) is 25.1 Å². The van der Waals surface area contributed by atoms with Crippen LogP contribution in [0, 0.1) is 10.1 Å². The van der Waals surface area contributed by atoms with E-state index in [2.05, 4.69) is 10.0 Å². The zero-order valence-electron chi connectivity index (χ0n) is 19.1. The number of benzene rings is 2. The van der Waals surface area contributed by atoms with Crippen molar-refractivity contribution in [2.75, 3.05) is 52.8 Å². The van der Waals surface area contributed by atoms with E-state index in [4.69, 9.17) is 14.6 Å². The molecule has 0 aliphatic heterocycles. The van der Waals surface area contributed by atoms with Crippen molar-refractivity contribution in [2.24, 2.45) is 0 Å². The van der Waals surface area contributed by atoms with Crippen molar-refractivity contribution in [3.05, 3.63) is 52.1 Å². The minimum absolute atomic E-state index is 0.120. The zero-order chi connectivity index (χ0) is 24.6. The number of likely N-dealkylation sites (N-methyl/N-ethyl adjacent to an activating group) is 1. The van der Waals surface area contributed by atoms with Gasteiger partial charge in [-0.15, -0.1) is 0 Å². The Balaban J connectivity index is 2.26. The van der Waals surface area contributed by atoms with Gasteiger partial charge < -0.3 is 24.8 Å². The summed E-state index contributed by atoms with van der Waals surface area (Å²) in [6.07, 6.45) is 0. The van der Waals surface area contributed by atoms with Gasteiger partial charge in [0, 0.05) is 25.2 Å². The number of ether oxygens (including phenoxy) is 2. The number of aliphatic hydroxyl groups is 1. The SMILES string of the molecule is COc1cc(C(C)Nc2ccc(S(=O)(=O)NCCN(C)C)cc2[N+](=O)[O-])ccc1OCCO. The molecule has 0 heterocycles. The largest absolute Gasteiger partial charge is 0.493 e. The summed E-state index contributed by atoms with van der Waals surface area (Å²) in [6, 6.07) is 8.56. The first kappa shape index (κ1) is 26.3. The Bertz CT molecular complexity index is 1060. The molecule has 12 heteroatoms. The van der Waals surface area contributed by atoms with E-state index in [-0.39, 0.29) is 42.1 Å². The Morgan fingerprint density at radius 3 is 2.52 bits per heavy atom. The van der Waals surface area contributed by atoms with Crippen LogP contribution in [0.25, 0.3) is 0 Å². The summed E-state index contributed by atoms with van der Waals surface area (Å²) < 4.78 is 38.2. The van der Waals surface area contributed by atoms with Crippen molar-refractivity contribution in [1.29, 1.82) is 0 Å². The van der Waals surface area contributed by atoms with Gasteiger partial charge in [0.2, 0.25) is 10.0 Å². The summed E-state index contributed by atoms with van der Waals surface area (Å²) in [5.74, 6) is 0.916. The van der Waals surface area contributed by atoms with E-state index < -0.39 is 14.9 Å². The molecule has 0 saturated heterocycles. The number of sulfonamides is 1. The van der Waals surface area contributed by atoms with Gasteiger partial charge in [0.1, 0.15) is 12.3 Å². The lowest BCUT2D eigenvalue weighted by atomic mass is 10.1. The van der Waals surface area contributed by atoms with Gasteiger partial charge in [0.25, 0.3) is 5.69 Å². The molecule has 2 aromatic rings. The molecular weight excluding hydrogens is 452 g/mol. The summed E-state index contributed by atoms with van der Waals surface area (Å²) in [7, 11) is 1.22. The summed E-state index contributed by atoms with van der Waals surface area (Å²) in [5, 5.41) is 23.6. The molecule has 2 aromatic carbocycles. The van der Waals surface area contributed by atoms with Gasteiger partial charge in [0.15, 0.2) is 11.5 Å². The number of aliphatic hydroxyl groups excluding tert-OH is 1. The van der Waals surface area contributed by atoms with Crippen LogP contribution in [0.2, 0.25) is 0 Å². The minimum atomic E-state index is -3.89. The molecule has 1 unspecified atom stereocenters. The summed E-state index contributed by atoms with van der Waals surface area (Å²) in [4.78, 5) is 12.7. The van der Waals surface area contributed by atoms with Crippen molar-refractivity contribution < 1.29 is 27.9 Å². The Morgan fingerprint density at radius 2 is 1.91 bits per heavy atom. The van der Waals surface area contributed by atoms with Gasteiger partial charge in [-0.3, -0.25) is 10.1 Å². The molecule has 0 aliphatic carbocycles. The Morgan fingerprint density at radius 1 is 1.18 bits per heavy atom. The van der Waals surface area contributed by atoms with Gasteiger partial charge in [-0.05, 0) is 50.8 Å². The Labute approximate surface area is 193 Å². The standard InChI is InChI=1S/C21H30N4O7S/c1-15(16-5-8-20(32-12-11-26)21(13-16)31-4)23-18-7-6-17(14-19(18)25(27)28)33(29,30)22-9-10-24(2)3/h5-8,13-15,22-23,26H,9-12H2,1-4H3. The molecule has 0 spiro atoms. The summed E-state index contributed by atoms with van der Waals surface area (Å²) >= 11 is 0. The monoisotopic (exact) mass is 482 g/mol. The van der Waals surface area contributed by atoms with Crippen molar-refractivity contribution in [3.8, 4) is 11.5 Å². The van der Waals surface area contributed by atoms with Crippen LogP contribution in [0.5, 0.6) is 11.5 Å². The number of hydrogen-bond donors (Lipinski definition) is 3. The van der Waals surface area contributed by atoms with Gasteiger partial charge in [-0.25, -0.2) is 13.1 Å². The fraction of sp³-hybridized carbons (Fsp3) is 0.429. The number of anilines is 1. The predicted molar refractivity (Wildman–Crippen MR) is 124 cm³/mol. The number of nitrogens with zero attached hydrogens (tertiary/aromatic N) is 2. The van der Waals surface area contributed by atoms with E-state index >= 15 is 0 Å². The molecule has 0 saturated carbocycles. The fourth-order valence-corrected chi connectivity index (χ4v) is 4.02. The van der Waals surface area contributed by atoms with Crippen LogP contribution >= 0.6 is 0 Å². The highest BCUT2D eigenvalue weighted by molar-refractivity contribution is 7.89. The first-order chi connectivity index (χ1) is 15.6. The average molecular weight is 483 g/mol. The van der Waals surface area contributed by atoms with E-state index in [9.17, 15) is 18.5 Å². The minimum Gasteiger partial charge on any atom is -0.493 e. The predicted octanol–water partition coefficient (Wildman–Crippen LogP) is 1.99. The molecule has 0 fully saturated rings. The molecule has 0 radical (unpaired) electrons. The Kier molecular flexibility index (Phi) is 9.41. The number of nitro groups is 1. The molecule has 0 bridgehead atoms. The molecule has 11 nitrogen and oxygen atoms in total. The summed E-state index contributed by atoms with van der Waals surface area (Å²) in [6.45, 7) is 2.46. The first-order valence-corrected chi connectivity index (χ1v) is 11.7. The number of hydrogen-bond acceptors (Lipinski definition) is 9. The normalized spacial score (nSPS) is 12.4. The van der Waals surface area contributed by atoms with E-state index in [0.29, 0.717) is 18.0 Å². The number of methoxy groups -OCH3 is 1. The molecule has 0 aliphatic rings. The number of rotatable bonds is 13. The maximum absolute atomic E-state index is 12.5. The first-order valence-electron chi connectivity index (χ1n) is 10.2. The molecule has 1 atom stereocenters. The smallest absolute Gasteiger partial charge is 0.293 e. The van der Waals surface area contributed by atoms with Crippen molar-refractivity contribution >= 4 is 21.4 Å². The number of nitrogens with one attached hydrogen (secondary N) is 2. The molecule has 33 heavy (non-hydrogen) atoms. The third-order valence-corrected chi connectivity index (χ3v) is 6.19. The highest BCUT2D eigenvalue weighted by Crippen LogP contribution is 2.34. The lowest BCUT2D eigenvalue weighted by Gasteiger charge is -2.18. The summed E-state index contributed by atoms with van der Waals surface area (Å²) in [5.41, 5.74) is 0.589.